The summed E-state index contributed by atoms with van der Waals surface area (Å²) in [6.45, 7) is 5.87. The summed E-state index contributed by atoms with van der Waals surface area (Å²) >= 11 is 0. The number of carboxylic acids is 1. The lowest BCUT2D eigenvalue weighted by Crippen LogP contribution is -2.33. The van der Waals surface area contributed by atoms with Crippen molar-refractivity contribution in [2.45, 2.75) is 39.5 Å². The summed E-state index contributed by atoms with van der Waals surface area (Å²) in [4.78, 5) is 11.2. The molecule has 3 heteroatoms. The molecule has 0 aromatic rings. The molecule has 0 bridgehead atoms. The summed E-state index contributed by atoms with van der Waals surface area (Å²) in [5.41, 5.74) is -0.463. The van der Waals surface area contributed by atoms with E-state index in [1.165, 1.54) is 0 Å². The van der Waals surface area contributed by atoms with E-state index in [9.17, 15) is 9.90 Å². The van der Waals surface area contributed by atoms with Gasteiger partial charge in [0.05, 0.1) is 5.41 Å². The Morgan fingerprint density at radius 2 is 2.29 bits per heavy atom. The van der Waals surface area contributed by atoms with Crippen LogP contribution in [0.2, 0.25) is 0 Å². The van der Waals surface area contributed by atoms with E-state index < -0.39 is 11.4 Å². The summed E-state index contributed by atoms with van der Waals surface area (Å²) in [6.07, 6.45) is 3.79. The SMILES string of the molecule is CC(C)CCCC1(C(=O)O)CCNC1. The molecule has 1 fully saturated rings. The van der Waals surface area contributed by atoms with Crippen molar-refractivity contribution >= 4 is 5.97 Å². The Morgan fingerprint density at radius 1 is 1.57 bits per heavy atom. The van der Waals surface area contributed by atoms with Crippen molar-refractivity contribution in [3.05, 3.63) is 0 Å². The molecule has 1 unspecified atom stereocenters. The van der Waals surface area contributed by atoms with E-state index in [0.29, 0.717) is 12.5 Å². The Kier molecular flexibility index (Phi) is 3.93. The van der Waals surface area contributed by atoms with E-state index in [1.54, 1.807) is 0 Å². The van der Waals surface area contributed by atoms with Gasteiger partial charge in [-0.2, -0.15) is 0 Å². The monoisotopic (exact) mass is 199 g/mol. The number of carbonyl (C=O) groups is 1. The molecule has 2 N–H and O–H groups in total. The molecule has 1 rings (SSSR count). The van der Waals surface area contributed by atoms with Crippen LogP contribution in [-0.2, 0) is 4.79 Å². The highest BCUT2D eigenvalue weighted by molar-refractivity contribution is 5.75. The van der Waals surface area contributed by atoms with Crippen LogP contribution in [0.15, 0.2) is 0 Å². The minimum absolute atomic E-state index is 0.463. The average molecular weight is 199 g/mol. The van der Waals surface area contributed by atoms with Crippen LogP contribution in [0.3, 0.4) is 0 Å². The van der Waals surface area contributed by atoms with Crippen molar-refractivity contribution in [3.63, 3.8) is 0 Å². The van der Waals surface area contributed by atoms with E-state index in [2.05, 4.69) is 19.2 Å². The van der Waals surface area contributed by atoms with Crippen molar-refractivity contribution in [3.8, 4) is 0 Å². The van der Waals surface area contributed by atoms with E-state index in [4.69, 9.17) is 0 Å². The predicted molar refractivity (Wildman–Crippen MR) is 56.2 cm³/mol. The lowest BCUT2D eigenvalue weighted by Gasteiger charge is -2.23. The molecular weight excluding hydrogens is 178 g/mol. The van der Waals surface area contributed by atoms with Gasteiger partial charge >= 0.3 is 5.97 Å². The number of hydrogen-bond acceptors (Lipinski definition) is 2. The lowest BCUT2D eigenvalue weighted by atomic mass is 9.81. The average Bonchev–Trinajstić information content (AvgIpc) is 2.53. The van der Waals surface area contributed by atoms with Gasteiger partial charge in [-0.05, 0) is 25.3 Å². The highest BCUT2D eigenvalue weighted by Crippen LogP contribution is 2.32. The maximum absolute atomic E-state index is 11.2. The quantitative estimate of drug-likeness (QED) is 0.710. The first-order valence-corrected chi connectivity index (χ1v) is 5.51. The van der Waals surface area contributed by atoms with Gasteiger partial charge in [0.1, 0.15) is 0 Å². The fourth-order valence-electron chi connectivity index (χ4n) is 2.10. The van der Waals surface area contributed by atoms with Gasteiger partial charge in [0, 0.05) is 6.54 Å². The first-order valence-electron chi connectivity index (χ1n) is 5.51. The number of hydrogen-bond donors (Lipinski definition) is 2. The van der Waals surface area contributed by atoms with Crippen molar-refractivity contribution < 1.29 is 9.90 Å². The Morgan fingerprint density at radius 3 is 2.71 bits per heavy atom. The lowest BCUT2D eigenvalue weighted by molar-refractivity contribution is -0.148. The summed E-state index contributed by atoms with van der Waals surface area (Å²) < 4.78 is 0. The third kappa shape index (κ3) is 2.71. The fourth-order valence-corrected chi connectivity index (χ4v) is 2.10. The molecule has 0 spiro atoms. The normalized spacial score (nSPS) is 27.1. The zero-order chi connectivity index (χ0) is 10.6. The summed E-state index contributed by atoms with van der Waals surface area (Å²) in [5.74, 6) is 0.0569. The highest BCUT2D eigenvalue weighted by atomic mass is 16.4. The Balaban J connectivity index is 2.40. The zero-order valence-electron chi connectivity index (χ0n) is 9.18. The van der Waals surface area contributed by atoms with Crippen LogP contribution in [-0.4, -0.2) is 24.2 Å². The molecule has 0 aromatic heterocycles. The van der Waals surface area contributed by atoms with Gasteiger partial charge in [-0.1, -0.05) is 26.7 Å². The molecule has 14 heavy (non-hydrogen) atoms. The number of aliphatic carboxylic acids is 1. The molecule has 1 aliphatic rings. The molecule has 0 saturated carbocycles. The smallest absolute Gasteiger partial charge is 0.310 e. The number of carboxylic acid groups (broad SMARTS) is 1. The zero-order valence-corrected chi connectivity index (χ0v) is 9.18. The van der Waals surface area contributed by atoms with Gasteiger partial charge in [0.25, 0.3) is 0 Å². The first kappa shape index (κ1) is 11.5. The molecule has 0 aliphatic carbocycles. The molecule has 1 heterocycles. The third-order valence-electron chi connectivity index (χ3n) is 3.13. The number of nitrogens with one attached hydrogen (secondary N) is 1. The minimum atomic E-state index is -0.619. The second kappa shape index (κ2) is 4.78. The van der Waals surface area contributed by atoms with E-state index >= 15 is 0 Å². The molecule has 0 radical (unpaired) electrons. The van der Waals surface area contributed by atoms with Crippen LogP contribution in [0.25, 0.3) is 0 Å². The molecule has 0 amide bonds. The van der Waals surface area contributed by atoms with Crippen LogP contribution in [0.5, 0.6) is 0 Å². The van der Waals surface area contributed by atoms with Gasteiger partial charge in [0.2, 0.25) is 0 Å². The van der Waals surface area contributed by atoms with Gasteiger partial charge in [-0.3, -0.25) is 4.79 Å². The standard InChI is InChI=1S/C11H21NO2/c1-9(2)4-3-5-11(10(13)14)6-7-12-8-11/h9,12H,3-8H2,1-2H3,(H,13,14). The van der Waals surface area contributed by atoms with Crippen molar-refractivity contribution in [1.82, 2.24) is 5.32 Å². The van der Waals surface area contributed by atoms with Crippen molar-refractivity contribution in [2.24, 2.45) is 11.3 Å². The predicted octanol–water partition coefficient (Wildman–Crippen LogP) is 1.88. The largest absolute Gasteiger partial charge is 0.481 e. The Bertz CT molecular complexity index is 195. The van der Waals surface area contributed by atoms with Crippen LogP contribution >= 0.6 is 0 Å². The van der Waals surface area contributed by atoms with E-state index in [1.807, 2.05) is 0 Å². The molecule has 1 atom stereocenters. The van der Waals surface area contributed by atoms with Crippen molar-refractivity contribution in [2.75, 3.05) is 13.1 Å². The van der Waals surface area contributed by atoms with Crippen LogP contribution in [0.4, 0.5) is 0 Å². The summed E-state index contributed by atoms with van der Waals surface area (Å²) in [7, 11) is 0. The first-order chi connectivity index (χ1) is 6.57. The topological polar surface area (TPSA) is 49.3 Å². The maximum Gasteiger partial charge on any atom is 0.310 e. The van der Waals surface area contributed by atoms with Gasteiger partial charge in [-0.15, -0.1) is 0 Å². The van der Waals surface area contributed by atoms with Gasteiger partial charge < -0.3 is 10.4 Å². The van der Waals surface area contributed by atoms with Crippen LogP contribution < -0.4 is 5.32 Å². The van der Waals surface area contributed by atoms with E-state index in [-0.39, 0.29) is 0 Å². The fraction of sp³-hybridized carbons (Fsp3) is 0.909. The van der Waals surface area contributed by atoms with Gasteiger partial charge in [-0.25, -0.2) is 0 Å². The minimum Gasteiger partial charge on any atom is -0.481 e. The molecule has 1 saturated heterocycles. The second-order valence-electron chi connectivity index (χ2n) is 4.80. The highest BCUT2D eigenvalue weighted by Gasteiger charge is 2.40. The van der Waals surface area contributed by atoms with Crippen LogP contribution in [0, 0.1) is 11.3 Å². The summed E-state index contributed by atoms with van der Waals surface area (Å²) in [6, 6.07) is 0. The van der Waals surface area contributed by atoms with E-state index in [0.717, 1.165) is 32.2 Å². The molecule has 3 nitrogen and oxygen atoms in total. The number of rotatable bonds is 5. The van der Waals surface area contributed by atoms with Gasteiger partial charge in [0.15, 0.2) is 0 Å². The summed E-state index contributed by atoms with van der Waals surface area (Å²) in [5, 5.41) is 12.3. The van der Waals surface area contributed by atoms with Crippen LogP contribution in [0.1, 0.15) is 39.5 Å². The van der Waals surface area contributed by atoms with Crippen molar-refractivity contribution in [1.29, 1.82) is 0 Å². The molecule has 1 aliphatic heterocycles. The maximum atomic E-state index is 11.2. The Labute approximate surface area is 85.9 Å². The molecular formula is C11H21NO2. The molecule has 82 valence electrons. The Hall–Kier alpha value is -0.570. The second-order valence-corrected chi connectivity index (χ2v) is 4.80. The third-order valence-corrected chi connectivity index (χ3v) is 3.13. The molecule has 0 aromatic carbocycles.